The van der Waals surface area contributed by atoms with Gasteiger partial charge in [-0.25, -0.2) is 0 Å². The van der Waals surface area contributed by atoms with Gasteiger partial charge in [0.05, 0.1) is 0 Å². The molecule has 0 aliphatic carbocycles. The van der Waals surface area contributed by atoms with Gasteiger partial charge in [0.2, 0.25) is 0 Å². The molecule has 0 bridgehead atoms. The van der Waals surface area contributed by atoms with Crippen LogP contribution in [-0.2, 0) is 0 Å². The summed E-state index contributed by atoms with van der Waals surface area (Å²) in [6, 6.07) is 0. The van der Waals surface area contributed by atoms with Gasteiger partial charge in [0.15, 0.2) is 0 Å². The van der Waals surface area contributed by atoms with Crippen LogP contribution >= 0.6 is 22.6 Å². The molecule has 0 heterocycles. The van der Waals surface area contributed by atoms with Crippen molar-refractivity contribution in [1.82, 2.24) is 0 Å². The molecular formula is C13H27ISe. The Morgan fingerprint density at radius 1 is 0.867 bits per heavy atom. The van der Waals surface area contributed by atoms with Crippen LogP contribution in [0.25, 0.3) is 0 Å². The molecule has 0 saturated carbocycles. The molecule has 1 atom stereocenters. The number of rotatable bonds is 11. The third-order valence-electron chi connectivity index (χ3n) is 2.83. The molecular weight excluding hydrogens is 362 g/mol. The van der Waals surface area contributed by atoms with Crippen molar-refractivity contribution in [3.8, 4) is 0 Å². The molecule has 0 aliphatic rings. The predicted octanol–water partition coefficient (Wildman–Crippen LogP) is 5.03. The van der Waals surface area contributed by atoms with E-state index in [0.717, 1.165) is 4.82 Å². The summed E-state index contributed by atoms with van der Waals surface area (Å²) in [5.41, 5.74) is 0. The third kappa shape index (κ3) is 13.2. The monoisotopic (exact) mass is 390 g/mol. The summed E-state index contributed by atoms with van der Waals surface area (Å²) in [6.45, 7) is 2.28. The predicted molar refractivity (Wildman–Crippen MR) is 81.6 cm³/mol. The topological polar surface area (TPSA) is 0 Å². The molecule has 0 amide bonds. The Morgan fingerprint density at radius 3 is 1.93 bits per heavy atom. The van der Waals surface area contributed by atoms with E-state index in [1.165, 1.54) is 68.6 Å². The van der Waals surface area contributed by atoms with E-state index in [0.29, 0.717) is 0 Å². The number of halogens is 1. The minimum absolute atomic E-state index is 0.898. The van der Waals surface area contributed by atoms with Gasteiger partial charge in [-0.1, -0.05) is 0 Å². The maximum atomic E-state index is 2.85. The molecule has 0 radical (unpaired) electrons. The molecule has 0 aromatic carbocycles. The molecule has 0 rings (SSSR count). The van der Waals surface area contributed by atoms with Crippen molar-refractivity contribution < 1.29 is 0 Å². The van der Waals surface area contributed by atoms with Crippen LogP contribution < -0.4 is 0 Å². The first-order valence-corrected chi connectivity index (χ1v) is 9.16. The Bertz CT molecular complexity index is 117. The van der Waals surface area contributed by atoms with Gasteiger partial charge in [-0.3, -0.25) is 0 Å². The minimum atomic E-state index is 0.898. The Balaban J connectivity index is 2.98. The maximum absolute atomic E-state index is 2.85. The molecule has 0 aromatic rings. The molecule has 2 heteroatoms. The third-order valence-corrected chi connectivity index (χ3v) is 4.54. The fraction of sp³-hybridized carbons (Fsp3) is 1.00. The van der Waals surface area contributed by atoms with Crippen molar-refractivity contribution in [2.45, 2.75) is 75.9 Å². The summed E-state index contributed by atoms with van der Waals surface area (Å²) in [6.07, 6.45) is 14.4. The van der Waals surface area contributed by atoms with Gasteiger partial charge in [0, 0.05) is 0 Å². The second-order valence-corrected chi connectivity index (χ2v) is 7.01. The van der Waals surface area contributed by atoms with Crippen molar-refractivity contribution in [1.29, 1.82) is 0 Å². The summed E-state index contributed by atoms with van der Waals surface area (Å²) in [5, 5.41) is 0. The SMILES string of the molecule is CCCCCCCCCCC([SeH])CCI. The quantitative estimate of drug-likeness (QED) is 0.201. The van der Waals surface area contributed by atoms with Gasteiger partial charge in [-0.2, -0.15) is 0 Å². The molecule has 0 N–H and O–H groups in total. The zero-order valence-electron chi connectivity index (χ0n) is 10.2. The van der Waals surface area contributed by atoms with Crippen molar-refractivity contribution >= 4 is 38.6 Å². The Hall–Kier alpha value is 1.25. The Labute approximate surface area is 118 Å². The second-order valence-electron chi connectivity index (χ2n) is 4.40. The van der Waals surface area contributed by atoms with Gasteiger partial charge in [-0.15, -0.1) is 0 Å². The average Bonchev–Trinajstić information content (AvgIpc) is 2.22. The standard InChI is InChI=1S/C13H27ISe/c1-2-3-4-5-6-7-8-9-10-13(15)11-12-14/h13,15H,2-12H2,1H3. The van der Waals surface area contributed by atoms with Crippen LogP contribution in [0, 0.1) is 0 Å². The summed E-state index contributed by atoms with van der Waals surface area (Å²) in [5.74, 6) is 0. The molecule has 0 nitrogen and oxygen atoms in total. The summed E-state index contributed by atoms with van der Waals surface area (Å²) < 4.78 is 1.31. The van der Waals surface area contributed by atoms with E-state index in [4.69, 9.17) is 0 Å². The zero-order valence-corrected chi connectivity index (χ0v) is 14.2. The molecule has 1 unspecified atom stereocenters. The molecule has 0 fully saturated rings. The first kappa shape index (κ1) is 16.2. The van der Waals surface area contributed by atoms with E-state index in [1.807, 2.05) is 0 Å². The van der Waals surface area contributed by atoms with E-state index in [2.05, 4.69) is 45.5 Å². The molecule has 15 heavy (non-hydrogen) atoms. The average molecular weight is 389 g/mol. The van der Waals surface area contributed by atoms with Crippen molar-refractivity contribution in [3.05, 3.63) is 0 Å². The molecule has 0 spiro atoms. The molecule has 0 aliphatic heterocycles. The van der Waals surface area contributed by atoms with Gasteiger partial charge >= 0.3 is 119 Å². The van der Waals surface area contributed by atoms with Crippen LogP contribution in [-0.4, -0.2) is 20.4 Å². The van der Waals surface area contributed by atoms with Gasteiger partial charge < -0.3 is 0 Å². The fourth-order valence-electron chi connectivity index (χ4n) is 1.78. The van der Waals surface area contributed by atoms with Crippen LogP contribution in [0.4, 0.5) is 0 Å². The number of alkyl halides is 1. The van der Waals surface area contributed by atoms with Crippen molar-refractivity contribution in [2.24, 2.45) is 0 Å². The van der Waals surface area contributed by atoms with E-state index >= 15 is 0 Å². The van der Waals surface area contributed by atoms with Crippen molar-refractivity contribution in [2.75, 3.05) is 4.43 Å². The summed E-state index contributed by atoms with van der Waals surface area (Å²) in [4.78, 5) is 0.898. The first-order valence-electron chi connectivity index (χ1n) is 6.55. The second kappa shape index (κ2) is 13.3. The number of hydrogen-bond donors (Lipinski definition) is 0. The van der Waals surface area contributed by atoms with Gasteiger partial charge in [0.1, 0.15) is 0 Å². The van der Waals surface area contributed by atoms with Crippen LogP contribution in [0.15, 0.2) is 0 Å². The van der Waals surface area contributed by atoms with Crippen molar-refractivity contribution in [3.63, 3.8) is 0 Å². The van der Waals surface area contributed by atoms with Gasteiger partial charge in [-0.05, 0) is 0 Å². The first-order chi connectivity index (χ1) is 7.31. The molecule has 0 saturated heterocycles. The molecule has 0 aromatic heterocycles. The number of unbranched alkanes of at least 4 members (excludes halogenated alkanes) is 7. The van der Waals surface area contributed by atoms with Crippen LogP contribution in [0.1, 0.15) is 71.1 Å². The van der Waals surface area contributed by atoms with Crippen LogP contribution in [0.3, 0.4) is 0 Å². The fourth-order valence-corrected chi connectivity index (χ4v) is 4.26. The van der Waals surface area contributed by atoms with E-state index in [-0.39, 0.29) is 0 Å². The van der Waals surface area contributed by atoms with E-state index in [1.54, 1.807) is 0 Å². The molecule has 92 valence electrons. The Morgan fingerprint density at radius 2 is 1.40 bits per heavy atom. The zero-order chi connectivity index (χ0) is 11.4. The van der Waals surface area contributed by atoms with E-state index < -0.39 is 0 Å². The summed E-state index contributed by atoms with van der Waals surface area (Å²) in [7, 11) is 0. The van der Waals surface area contributed by atoms with E-state index in [9.17, 15) is 0 Å². The van der Waals surface area contributed by atoms with Gasteiger partial charge in [0.25, 0.3) is 0 Å². The number of hydrogen-bond acceptors (Lipinski definition) is 0. The normalized spacial score (nSPS) is 13.0. The van der Waals surface area contributed by atoms with Crippen LogP contribution in [0.5, 0.6) is 0 Å². The van der Waals surface area contributed by atoms with Crippen LogP contribution in [0.2, 0.25) is 4.82 Å². The summed E-state index contributed by atoms with van der Waals surface area (Å²) >= 11 is 5.33. The Kier molecular flexibility index (Phi) is 14.4.